The number of ketones is 1. The van der Waals surface area contributed by atoms with Crippen molar-refractivity contribution >= 4 is 27.4 Å². The number of pyridine rings is 1. The van der Waals surface area contributed by atoms with E-state index in [9.17, 15) is 13.2 Å². The number of Topliss-reactive ketones (excluding diaryl/α,β-unsaturated/α-hetero) is 1. The van der Waals surface area contributed by atoms with Crippen LogP contribution in [-0.4, -0.2) is 60.0 Å². The molecule has 0 amide bonds. The summed E-state index contributed by atoms with van der Waals surface area (Å²) < 4.78 is 42.9. The first-order valence-corrected chi connectivity index (χ1v) is 15.3. The number of halogens is 2. The van der Waals surface area contributed by atoms with Crippen molar-refractivity contribution in [1.29, 1.82) is 0 Å². The number of carbonyl (C=O) groups is 1. The Labute approximate surface area is 230 Å². The third kappa shape index (κ3) is 6.45. The van der Waals surface area contributed by atoms with E-state index in [-0.39, 0.29) is 41.4 Å². The molecule has 208 valence electrons. The molecule has 2 aromatic rings. The van der Waals surface area contributed by atoms with Crippen LogP contribution in [0, 0.1) is 11.7 Å². The minimum atomic E-state index is -3.38. The van der Waals surface area contributed by atoms with E-state index in [1.54, 1.807) is 16.4 Å². The third-order valence-electron chi connectivity index (χ3n) is 7.77. The van der Waals surface area contributed by atoms with Crippen LogP contribution in [0.25, 0.3) is 0 Å². The molecule has 0 bridgehead atoms. The fourth-order valence-corrected chi connectivity index (χ4v) is 8.04. The number of aromatic nitrogens is 1. The van der Waals surface area contributed by atoms with E-state index in [1.807, 2.05) is 32.9 Å². The van der Waals surface area contributed by atoms with Crippen molar-refractivity contribution < 1.29 is 17.6 Å². The maximum atomic E-state index is 15.0. The number of piperazine rings is 1. The van der Waals surface area contributed by atoms with Crippen molar-refractivity contribution in [2.24, 2.45) is 11.7 Å². The molecule has 1 saturated heterocycles. The second kappa shape index (κ2) is 12.1. The van der Waals surface area contributed by atoms with Crippen LogP contribution in [0.2, 0.25) is 5.02 Å². The summed E-state index contributed by atoms with van der Waals surface area (Å²) in [6.45, 7) is 7.04. The lowest BCUT2D eigenvalue weighted by Crippen LogP contribution is -2.59. The van der Waals surface area contributed by atoms with Gasteiger partial charge in [0, 0.05) is 48.7 Å². The van der Waals surface area contributed by atoms with Gasteiger partial charge >= 0.3 is 0 Å². The minimum Gasteiger partial charge on any atom is -0.321 e. The van der Waals surface area contributed by atoms with Crippen LogP contribution >= 0.6 is 11.6 Å². The second-order valence-corrected chi connectivity index (χ2v) is 13.6. The van der Waals surface area contributed by atoms with Gasteiger partial charge in [0.15, 0.2) is 5.78 Å². The predicted octanol–water partition coefficient (Wildman–Crippen LogP) is 3.84. The molecule has 7 nitrogen and oxygen atoms in total. The van der Waals surface area contributed by atoms with Gasteiger partial charge in [0.2, 0.25) is 10.0 Å². The van der Waals surface area contributed by atoms with E-state index in [0.717, 1.165) is 11.8 Å². The monoisotopic (exact) mass is 564 g/mol. The number of nitrogens with one attached hydrogen (secondary N) is 1. The summed E-state index contributed by atoms with van der Waals surface area (Å²) in [5, 5.41) is 3.62. The largest absolute Gasteiger partial charge is 0.321 e. The highest BCUT2D eigenvalue weighted by molar-refractivity contribution is 7.90. The molecule has 0 spiro atoms. The van der Waals surface area contributed by atoms with Crippen LogP contribution in [0.15, 0.2) is 36.7 Å². The normalized spacial score (nSPS) is 22.4. The molecule has 2 aliphatic rings. The van der Waals surface area contributed by atoms with Gasteiger partial charge in [-0.15, -0.1) is 0 Å². The minimum absolute atomic E-state index is 0.0402. The van der Waals surface area contributed by atoms with E-state index in [1.165, 1.54) is 6.20 Å². The highest BCUT2D eigenvalue weighted by atomic mass is 35.5. The smallest absolute Gasteiger partial charge is 0.217 e. The lowest BCUT2D eigenvalue weighted by molar-refractivity contribution is -0.120. The van der Waals surface area contributed by atoms with Crippen molar-refractivity contribution in [3.05, 3.63) is 64.2 Å². The standard InChI is InChI=1S/C28H38ClFN4O3S/c1-17(2)27(19-4-6-21(29)7-5-19)28(31)26(35)12-20-14-33-16-25(30)24(20)11-8-22-15-32-13-18(3)34(22)38(36,37)23-9-10-23/h4-7,14,16-18,22-23,27-28,32H,8-13,15,31H2,1-3H3/t18-,22+,27-,28-/m1/s1. The average Bonchev–Trinajstić information content (AvgIpc) is 3.71. The molecule has 0 unspecified atom stereocenters. The summed E-state index contributed by atoms with van der Waals surface area (Å²) in [5.41, 5.74) is 8.32. The molecule has 1 aromatic carbocycles. The Bertz CT molecular complexity index is 1240. The van der Waals surface area contributed by atoms with Gasteiger partial charge in [-0.05, 0) is 67.3 Å². The lowest BCUT2D eigenvalue weighted by Gasteiger charge is -2.40. The van der Waals surface area contributed by atoms with Gasteiger partial charge < -0.3 is 11.1 Å². The van der Waals surface area contributed by atoms with Crippen molar-refractivity contribution in [1.82, 2.24) is 14.6 Å². The van der Waals surface area contributed by atoms with Crippen molar-refractivity contribution in [2.45, 2.75) is 82.2 Å². The predicted molar refractivity (Wildman–Crippen MR) is 148 cm³/mol. The fourth-order valence-electron chi connectivity index (χ4n) is 5.67. The summed E-state index contributed by atoms with van der Waals surface area (Å²) in [5.74, 6) is -0.810. The lowest BCUT2D eigenvalue weighted by atomic mass is 9.80. The molecule has 10 heteroatoms. The van der Waals surface area contributed by atoms with E-state index in [4.69, 9.17) is 17.3 Å². The topological polar surface area (TPSA) is 105 Å². The van der Waals surface area contributed by atoms with Crippen LogP contribution in [0.1, 0.15) is 62.6 Å². The van der Waals surface area contributed by atoms with E-state index in [0.29, 0.717) is 54.9 Å². The van der Waals surface area contributed by atoms with Crippen LogP contribution in [0.4, 0.5) is 4.39 Å². The molecule has 4 rings (SSSR count). The molecular formula is C28H38ClFN4O3S. The van der Waals surface area contributed by atoms with Crippen LogP contribution in [0.5, 0.6) is 0 Å². The first-order valence-electron chi connectivity index (χ1n) is 13.4. The summed E-state index contributed by atoms with van der Waals surface area (Å²) in [4.78, 5) is 17.4. The number of rotatable bonds is 11. The molecule has 1 aromatic heterocycles. The molecular weight excluding hydrogens is 527 g/mol. The summed E-state index contributed by atoms with van der Waals surface area (Å²) in [6.07, 6.45) is 4.77. The zero-order valence-electron chi connectivity index (χ0n) is 22.2. The number of hydrogen-bond donors (Lipinski definition) is 2. The Morgan fingerprint density at radius 3 is 2.53 bits per heavy atom. The van der Waals surface area contributed by atoms with Gasteiger partial charge in [0.05, 0.1) is 17.5 Å². The molecule has 0 radical (unpaired) electrons. The van der Waals surface area contributed by atoms with E-state index >= 15 is 4.39 Å². The van der Waals surface area contributed by atoms with Gasteiger partial charge in [-0.2, -0.15) is 4.31 Å². The molecule has 2 heterocycles. The average molecular weight is 565 g/mol. The molecule has 2 fully saturated rings. The van der Waals surface area contributed by atoms with Crippen LogP contribution < -0.4 is 11.1 Å². The number of hydrogen-bond acceptors (Lipinski definition) is 6. The van der Waals surface area contributed by atoms with Crippen molar-refractivity contribution in [3.8, 4) is 0 Å². The number of sulfonamides is 1. The van der Waals surface area contributed by atoms with Gasteiger partial charge in [-0.1, -0.05) is 37.6 Å². The maximum Gasteiger partial charge on any atom is 0.217 e. The summed E-state index contributed by atoms with van der Waals surface area (Å²) in [7, 11) is -3.38. The van der Waals surface area contributed by atoms with Gasteiger partial charge in [-0.25, -0.2) is 12.8 Å². The first-order chi connectivity index (χ1) is 18.0. The highest BCUT2D eigenvalue weighted by Gasteiger charge is 2.45. The van der Waals surface area contributed by atoms with Gasteiger partial charge in [0.1, 0.15) is 5.82 Å². The molecule has 1 aliphatic heterocycles. The van der Waals surface area contributed by atoms with Crippen LogP contribution in [-0.2, 0) is 27.7 Å². The Morgan fingerprint density at radius 2 is 1.89 bits per heavy atom. The maximum absolute atomic E-state index is 15.0. The quantitative estimate of drug-likeness (QED) is 0.430. The third-order valence-corrected chi connectivity index (χ3v) is 10.6. The zero-order valence-corrected chi connectivity index (χ0v) is 23.8. The summed E-state index contributed by atoms with van der Waals surface area (Å²) >= 11 is 6.04. The second-order valence-electron chi connectivity index (χ2n) is 11.0. The molecule has 38 heavy (non-hydrogen) atoms. The highest BCUT2D eigenvalue weighted by Crippen LogP contribution is 2.35. The molecule has 1 aliphatic carbocycles. The van der Waals surface area contributed by atoms with Crippen LogP contribution in [0.3, 0.4) is 0 Å². The Morgan fingerprint density at radius 1 is 1.21 bits per heavy atom. The Kier molecular flexibility index (Phi) is 9.25. The number of nitrogens with zero attached hydrogens (tertiary/aromatic N) is 2. The molecule has 4 atom stereocenters. The van der Waals surface area contributed by atoms with Crippen molar-refractivity contribution in [2.75, 3.05) is 13.1 Å². The number of carbonyl (C=O) groups excluding carboxylic acids is 1. The molecule has 3 N–H and O–H groups in total. The zero-order chi connectivity index (χ0) is 27.6. The Balaban J connectivity index is 1.51. The first kappa shape index (κ1) is 29.1. The van der Waals surface area contributed by atoms with Crippen molar-refractivity contribution in [3.63, 3.8) is 0 Å². The number of benzene rings is 1. The van der Waals surface area contributed by atoms with Gasteiger partial charge in [-0.3, -0.25) is 9.78 Å². The summed E-state index contributed by atoms with van der Waals surface area (Å²) in [6, 6.07) is 6.11. The molecule has 1 saturated carbocycles. The SMILES string of the molecule is CC(C)[C@H](c1ccc(Cl)cc1)[C@H](N)C(=O)Cc1cncc(F)c1CC[C@H]1CNC[C@@H](C)N1S(=O)(=O)C1CC1. The number of nitrogens with two attached hydrogens (primary N) is 1. The van der Waals surface area contributed by atoms with E-state index < -0.39 is 21.9 Å². The Hall–Kier alpha value is -1.91. The van der Waals surface area contributed by atoms with Gasteiger partial charge in [0.25, 0.3) is 0 Å². The fraction of sp³-hybridized carbons (Fsp3) is 0.571. The van der Waals surface area contributed by atoms with E-state index in [2.05, 4.69) is 10.3 Å².